The molecule has 6 rings (SSSR count). The van der Waals surface area contributed by atoms with E-state index in [0.717, 1.165) is 24.0 Å². The zero-order valence-corrected chi connectivity index (χ0v) is 29.0. The van der Waals surface area contributed by atoms with Crippen LogP contribution in [0, 0.1) is 23.7 Å². The van der Waals surface area contributed by atoms with E-state index in [1.165, 1.54) is 35.4 Å². The standard InChI is InChI=1S/2C20H22N2O3/c2*1-13-8-15(13)10-18(23)16-9-17(19(24)21-2)20(25)22(12-16)11-14-6-4-3-5-7-14/h2*3-7,9,12-13,15H,8,10-11H2,1-2H3,(H,21,24)/t2*13-,15+/m10/s1. The zero-order valence-electron chi connectivity index (χ0n) is 29.0. The minimum atomic E-state index is -0.471. The highest BCUT2D eigenvalue weighted by molar-refractivity contribution is 6.01. The van der Waals surface area contributed by atoms with E-state index in [0.29, 0.717) is 60.7 Å². The number of carbonyl (C=O) groups is 4. The van der Waals surface area contributed by atoms with Crippen LogP contribution in [0.15, 0.2) is 94.8 Å². The Labute approximate surface area is 291 Å². The molecule has 0 aliphatic heterocycles. The lowest BCUT2D eigenvalue weighted by molar-refractivity contribution is 0.0948. The molecule has 2 aliphatic rings. The van der Waals surface area contributed by atoms with Crippen molar-refractivity contribution in [3.05, 3.63) is 139 Å². The van der Waals surface area contributed by atoms with Gasteiger partial charge in [-0.3, -0.25) is 28.8 Å². The van der Waals surface area contributed by atoms with Crippen LogP contribution in [-0.2, 0) is 13.1 Å². The van der Waals surface area contributed by atoms with Crippen molar-refractivity contribution in [3.63, 3.8) is 0 Å². The summed E-state index contributed by atoms with van der Waals surface area (Å²) in [5.74, 6) is 1.04. The molecule has 0 radical (unpaired) electrons. The largest absolute Gasteiger partial charge is 0.355 e. The maximum absolute atomic E-state index is 12.6. The molecular weight excluding hydrogens is 632 g/mol. The molecule has 0 unspecified atom stereocenters. The number of hydrogen-bond acceptors (Lipinski definition) is 6. The second-order valence-corrected chi connectivity index (χ2v) is 13.5. The van der Waals surface area contributed by atoms with Crippen LogP contribution in [0.4, 0.5) is 0 Å². The number of Topliss-reactive ketones (excluding diaryl/α,β-unsaturated/α-hetero) is 2. The van der Waals surface area contributed by atoms with E-state index in [1.807, 2.05) is 60.7 Å². The predicted molar refractivity (Wildman–Crippen MR) is 192 cm³/mol. The molecule has 4 aromatic rings. The minimum absolute atomic E-state index is 0.00752. The van der Waals surface area contributed by atoms with Gasteiger partial charge in [-0.25, -0.2) is 0 Å². The molecule has 2 aromatic heterocycles. The van der Waals surface area contributed by atoms with Crippen molar-refractivity contribution >= 4 is 23.4 Å². The number of pyridine rings is 2. The first-order valence-corrected chi connectivity index (χ1v) is 17.1. The third-order valence-corrected chi connectivity index (χ3v) is 9.60. The number of rotatable bonds is 12. The van der Waals surface area contributed by atoms with Gasteiger partial charge in [-0.2, -0.15) is 0 Å². The van der Waals surface area contributed by atoms with E-state index in [-0.39, 0.29) is 33.8 Å². The Hall–Kier alpha value is -5.38. The van der Waals surface area contributed by atoms with Crippen molar-refractivity contribution in [1.29, 1.82) is 0 Å². The average Bonchev–Trinajstić information content (AvgIpc) is 4.03. The van der Waals surface area contributed by atoms with E-state index < -0.39 is 11.8 Å². The van der Waals surface area contributed by atoms with Gasteiger partial charge >= 0.3 is 0 Å². The van der Waals surface area contributed by atoms with Crippen LogP contribution in [0.1, 0.15) is 92.1 Å². The highest BCUT2D eigenvalue weighted by atomic mass is 16.2. The Bertz CT molecular complexity index is 1850. The second kappa shape index (κ2) is 15.9. The fourth-order valence-electron chi connectivity index (χ4n) is 6.05. The maximum atomic E-state index is 12.6. The van der Waals surface area contributed by atoms with Crippen molar-refractivity contribution in [1.82, 2.24) is 19.8 Å². The summed E-state index contributed by atoms with van der Waals surface area (Å²) in [4.78, 5) is 74.5. The van der Waals surface area contributed by atoms with Crippen molar-refractivity contribution in [2.45, 2.75) is 52.6 Å². The van der Waals surface area contributed by atoms with Crippen LogP contribution in [0.3, 0.4) is 0 Å². The third-order valence-electron chi connectivity index (χ3n) is 9.60. The van der Waals surface area contributed by atoms with E-state index >= 15 is 0 Å². The highest BCUT2D eigenvalue weighted by Gasteiger charge is 2.35. The Kier molecular flexibility index (Phi) is 11.4. The van der Waals surface area contributed by atoms with Crippen molar-refractivity contribution < 1.29 is 19.2 Å². The van der Waals surface area contributed by atoms with Gasteiger partial charge in [-0.15, -0.1) is 0 Å². The third kappa shape index (κ3) is 8.99. The van der Waals surface area contributed by atoms with Gasteiger partial charge < -0.3 is 19.8 Å². The first kappa shape index (κ1) is 35.9. The molecule has 2 saturated carbocycles. The zero-order chi connectivity index (χ0) is 35.9. The minimum Gasteiger partial charge on any atom is -0.355 e. The number of hydrogen-bond donors (Lipinski definition) is 2. The van der Waals surface area contributed by atoms with Crippen LogP contribution < -0.4 is 21.8 Å². The topological polar surface area (TPSA) is 136 Å². The second-order valence-electron chi connectivity index (χ2n) is 13.5. The molecule has 2 heterocycles. The van der Waals surface area contributed by atoms with Crippen molar-refractivity contribution in [2.75, 3.05) is 14.1 Å². The first-order valence-electron chi connectivity index (χ1n) is 17.1. The van der Waals surface area contributed by atoms with Gasteiger partial charge in [0.15, 0.2) is 11.6 Å². The smallest absolute Gasteiger partial charge is 0.263 e. The summed E-state index contributed by atoms with van der Waals surface area (Å²) >= 11 is 0. The Morgan fingerprint density at radius 2 is 0.960 bits per heavy atom. The van der Waals surface area contributed by atoms with Gasteiger partial charge in [0.1, 0.15) is 11.1 Å². The summed E-state index contributed by atoms with van der Waals surface area (Å²) in [5, 5.41) is 4.95. The lowest BCUT2D eigenvalue weighted by Gasteiger charge is -2.11. The molecule has 0 saturated heterocycles. The molecule has 2 aliphatic carbocycles. The quantitative estimate of drug-likeness (QED) is 0.204. The van der Waals surface area contributed by atoms with Crippen LogP contribution in [-0.4, -0.2) is 46.6 Å². The average molecular weight is 677 g/mol. The van der Waals surface area contributed by atoms with Gasteiger partial charge in [0.2, 0.25) is 0 Å². The molecule has 0 spiro atoms. The molecule has 10 nitrogen and oxygen atoms in total. The number of amides is 2. The first-order chi connectivity index (χ1) is 24.0. The number of ketones is 2. The van der Waals surface area contributed by atoms with Crippen LogP contribution >= 0.6 is 0 Å². The van der Waals surface area contributed by atoms with Crippen LogP contribution in [0.2, 0.25) is 0 Å². The number of nitrogens with zero attached hydrogens (tertiary/aromatic N) is 2. The Morgan fingerprint density at radius 1 is 0.620 bits per heavy atom. The Morgan fingerprint density at radius 3 is 1.26 bits per heavy atom. The molecule has 2 fully saturated rings. The van der Waals surface area contributed by atoms with Crippen molar-refractivity contribution in [3.8, 4) is 0 Å². The number of benzene rings is 2. The number of nitrogens with one attached hydrogen (secondary N) is 2. The van der Waals surface area contributed by atoms with Gasteiger partial charge in [0, 0.05) is 50.5 Å². The highest BCUT2D eigenvalue weighted by Crippen LogP contribution is 2.41. The molecule has 50 heavy (non-hydrogen) atoms. The molecule has 0 bridgehead atoms. The van der Waals surface area contributed by atoms with Crippen LogP contribution in [0.5, 0.6) is 0 Å². The molecule has 260 valence electrons. The van der Waals surface area contributed by atoms with E-state index in [2.05, 4.69) is 24.5 Å². The fourth-order valence-corrected chi connectivity index (χ4v) is 6.05. The number of carbonyl (C=O) groups excluding carboxylic acids is 4. The predicted octanol–water partition coefficient (Wildman–Crippen LogP) is 4.97. The van der Waals surface area contributed by atoms with Gasteiger partial charge in [0.25, 0.3) is 22.9 Å². The lowest BCUT2D eigenvalue weighted by Crippen LogP contribution is -2.32. The SMILES string of the molecule is CNC(=O)c1cc(C(=O)C[C@@H]2C[C@H]2C)cn(Cc2ccccc2)c1=O.CNC(=O)c1cc(C(=O)C[C@H]2C[C@@H]2C)cn(Cc2ccccc2)c1=O. The molecule has 2 amide bonds. The van der Waals surface area contributed by atoms with Crippen molar-refractivity contribution in [2.24, 2.45) is 23.7 Å². The van der Waals surface area contributed by atoms with E-state index in [4.69, 9.17) is 0 Å². The van der Waals surface area contributed by atoms with Gasteiger partial charge in [0.05, 0.1) is 13.1 Å². The molecule has 2 aromatic carbocycles. The maximum Gasteiger partial charge on any atom is 0.263 e. The summed E-state index contributed by atoms with van der Waals surface area (Å²) < 4.78 is 2.90. The van der Waals surface area contributed by atoms with E-state index in [1.54, 1.807) is 12.4 Å². The van der Waals surface area contributed by atoms with E-state index in [9.17, 15) is 28.8 Å². The Balaban J connectivity index is 0.000000194. The number of aromatic nitrogens is 2. The normalized spacial score (nSPS) is 18.6. The van der Waals surface area contributed by atoms with Crippen LogP contribution in [0.25, 0.3) is 0 Å². The molecule has 4 atom stereocenters. The summed E-state index contributed by atoms with van der Waals surface area (Å²) in [7, 11) is 2.95. The lowest BCUT2D eigenvalue weighted by atomic mass is 10.0. The monoisotopic (exact) mass is 676 g/mol. The molecular formula is C40H44N4O6. The summed E-state index contributed by atoms with van der Waals surface area (Å²) in [6, 6.07) is 21.9. The summed E-state index contributed by atoms with van der Waals surface area (Å²) in [6.45, 7) is 4.91. The fraction of sp³-hybridized carbons (Fsp3) is 0.350. The molecule has 2 N–H and O–H groups in total. The van der Waals surface area contributed by atoms with Gasteiger partial charge in [-0.05, 0) is 59.8 Å². The molecule has 10 heteroatoms. The summed E-state index contributed by atoms with van der Waals surface area (Å²) in [5.41, 5.74) is 1.96. The summed E-state index contributed by atoms with van der Waals surface area (Å²) in [6.07, 6.45) is 6.24. The van der Waals surface area contributed by atoms with Gasteiger partial charge in [-0.1, -0.05) is 74.5 Å².